The minimum atomic E-state index is -1.06. The molecule has 6 rings (SSSR count). The fraction of sp³-hybridized carbons (Fsp3) is 0. The quantitative estimate of drug-likeness (QED) is 0.335. The monoisotopic (exact) mass is 432 g/mol. The topological polar surface area (TPSA) is 89.4 Å². The van der Waals surface area contributed by atoms with Gasteiger partial charge in [0, 0.05) is 11.1 Å². The Balaban J connectivity index is 1.58. The fourth-order valence-corrected chi connectivity index (χ4v) is 3.95. The molecule has 0 saturated heterocycles. The lowest BCUT2D eigenvalue weighted by atomic mass is 9.97. The van der Waals surface area contributed by atoms with Gasteiger partial charge in [-0.2, -0.15) is 0 Å². The van der Waals surface area contributed by atoms with Gasteiger partial charge in [-0.3, -0.25) is 0 Å². The number of oxazole rings is 2. The van der Waals surface area contributed by atoms with Gasteiger partial charge in [0.25, 0.3) is 0 Å². The number of carboxylic acids is 1. The molecule has 6 heteroatoms. The molecule has 0 atom stereocenters. The number of carbonyl (C=O) groups is 1. The van der Waals surface area contributed by atoms with Gasteiger partial charge in [0.15, 0.2) is 11.2 Å². The van der Waals surface area contributed by atoms with E-state index in [0.717, 1.165) is 22.2 Å². The first-order valence-corrected chi connectivity index (χ1v) is 10.4. The average Bonchev–Trinajstić information content (AvgIpc) is 3.48. The zero-order chi connectivity index (χ0) is 22.4. The number of aromatic carboxylic acids is 1. The molecule has 0 fully saturated rings. The van der Waals surface area contributed by atoms with Crippen molar-refractivity contribution in [2.24, 2.45) is 0 Å². The van der Waals surface area contributed by atoms with Crippen molar-refractivity contribution in [1.82, 2.24) is 9.97 Å². The molecular formula is C27H16N2O4. The third kappa shape index (κ3) is 3.25. The maximum absolute atomic E-state index is 11.7. The Kier molecular flexibility index (Phi) is 4.30. The highest BCUT2D eigenvalue weighted by molar-refractivity contribution is 6.00. The highest BCUT2D eigenvalue weighted by Gasteiger charge is 2.20. The lowest BCUT2D eigenvalue weighted by molar-refractivity contribution is 0.0698. The Morgan fingerprint density at radius 2 is 1.42 bits per heavy atom. The molecule has 1 N–H and O–H groups in total. The first-order chi connectivity index (χ1) is 16.2. The second-order valence-corrected chi connectivity index (χ2v) is 7.59. The Labute approximate surface area is 187 Å². The number of rotatable bonds is 4. The summed E-state index contributed by atoms with van der Waals surface area (Å²) in [5, 5.41) is 9.55. The second-order valence-electron chi connectivity index (χ2n) is 7.59. The Bertz CT molecular complexity index is 1610. The van der Waals surface area contributed by atoms with Crippen LogP contribution in [-0.2, 0) is 0 Å². The molecule has 2 heterocycles. The van der Waals surface area contributed by atoms with Crippen molar-refractivity contribution in [3.05, 3.63) is 96.6 Å². The molecule has 0 bridgehead atoms. The van der Waals surface area contributed by atoms with E-state index < -0.39 is 5.97 Å². The average molecular weight is 432 g/mol. The molecule has 0 unspecified atom stereocenters. The van der Waals surface area contributed by atoms with Crippen molar-refractivity contribution >= 4 is 28.2 Å². The summed E-state index contributed by atoms with van der Waals surface area (Å²) in [6, 6.07) is 28.2. The summed E-state index contributed by atoms with van der Waals surface area (Å²) in [4.78, 5) is 20.9. The first-order valence-electron chi connectivity index (χ1n) is 10.4. The largest absolute Gasteiger partial charge is 0.478 e. The maximum atomic E-state index is 11.7. The van der Waals surface area contributed by atoms with E-state index in [4.69, 9.17) is 8.83 Å². The Morgan fingerprint density at radius 1 is 0.667 bits per heavy atom. The number of nitrogens with zero attached hydrogens (tertiary/aromatic N) is 2. The molecule has 6 aromatic rings. The number of carboxylic acid groups (broad SMARTS) is 1. The van der Waals surface area contributed by atoms with E-state index in [9.17, 15) is 9.90 Å². The number of fused-ring (bicyclic) bond motifs is 2. The molecule has 0 aliphatic heterocycles. The van der Waals surface area contributed by atoms with Crippen molar-refractivity contribution in [3.63, 3.8) is 0 Å². The van der Waals surface area contributed by atoms with E-state index in [1.54, 1.807) is 12.1 Å². The van der Waals surface area contributed by atoms with Crippen LogP contribution in [0.5, 0.6) is 0 Å². The normalized spacial score (nSPS) is 11.3. The van der Waals surface area contributed by atoms with Gasteiger partial charge in [0.2, 0.25) is 11.8 Å². The lowest BCUT2D eigenvalue weighted by Crippen LogP contribution is -1.95. The van der Waals surface area contributed by atoms with Crippen molar-refractivity contribution in [2.45, 2.75) is 0 Å². The zero-order valence-electron chi connectivity index (χ0n) is 17.2. The van der Waals surface area contributed by atoms with Gasteiger partial charge in [0.1, 0.15) is 16.6 Å². The molecule has 4 aromatic carbocycles. The molecule has 0 radical (unpaired) electrons. The highest BCUT2D eigenvalue weighted by Crippen LogP contribution is 2.37. The second kappa shape index (κ2) is 7.46. The van der Waals surface area contributed by atoms with E-state index in [-0.39, 0.29) is 11.1 Å². The van der Waals surface area contributed by atoms with Gasteiger partial charge >= 0.3 is 5.97 Å². The zero-order valence-corrected chi connectivity index (χ0v) is 17.2. The van der Waals surface area contributed by atoms with Crippen molar-refractivity contribution < 1.29 is 18.7 Å². The summed E-state index contributed by atoms with van der Waals surface area (Å²) in [5.41, 5.74) is 5.64. The number of hydrogen-bond donors (Lipinski definition) is 1. The highest BCUT2D eigenvalue weighted by atomic mass is 16.4. The fourth-order valence-electron chi connectivity index (χ4n) is 3.95. The van der Waals surface area contributed by atoms with Crippen LogP contribution in [0, 0.1) is 0 Å². The molecule has 158 valence electrons. The predicted molar refractivity (Wildman–Crippen MR) is 125 cm³/mol. The summed E-state index contributed by atoms with van der Waals surface area (Å²) in [6.45, 7) is 0. The summed E-state index contributed by atoms with van der Waals surface area (Å²) >= 11 is 0. The number of aromatic nitrogens is 2. The Hall–Kier alpha value is -4.71. The van der Waals surface area contributed by atoms with Crippen molar-refractivity contribution in [2.75, 3.05) is 0 Å². The van der Waals surface area contributed by atoms with Crippen LogP contribution in [0.1, 0.15) is 10.4 Å². The van der Waals surface area contributed by atoms with Crippen LogP contribution in [-0.4, -0.2) is 21.0 Å². The van der Waals surface area contributed by atoms with E-state index in [0.29, 0.717) is 28.4 Å². The molecule has 0 aliphatic rings. The molecule has 0 saturated carbocycles. The number of benzene rings is 4. The van der Waals surface area contributed by atoms with E-state index in [2.05, 4.69) is 9.97 Å². The van der Waals surface area contributed by atoms with Gasteiger partial charge in [-0.05, 0) is 47.5 Å². The van der Waals surface area contributed by atoms with Crippen molar-refractivity contribution in [3.8, 4) is 34.0 Å². The first kappa shape index (κ1) is 19.0. The molecule has 6 nitrogen and oxygen atoms in total. The van der Waals surface area contributed by atoms with Gasteiger partial charge in [-0.15, -0.1) is 0 Å². The van der Waals surface area contributed by atoms with Crippen LogP contribution in [0.2, 0.25) is 0 Å². The van der Waals surface area contributed by atoms with Gasteiger partial charge in [0.05, 0.1) is 0 Å². The molecule has 2 aromatic heterocycles. The summed E-state index contributed by atoms with van der Waals surface area (Å²) < 4.78 is 12.0. The molecule has 0 amide bonds. The van der Waals surface area contributed by atoms with Crippen LogP contribution in [0.3, 0.4) is 0 Å². The van der Waals surface area contributed by atoms with E-state index >= 15 is 0 Å². The van der Waals surface area contributed by atoms with Gasteiger partial charge in [-0.25, -0.2) is 14.8 Å². The minimum Gasteiger partial charge on any atom is -0.478 e. The SMILES string of the molecule is O=C(O)c1cccc2nc(-c3cc(-c4nc5ccccc5o4)ccc3-c3ccccc3)oc12. The van der Waals surface area contributed by atoms with Gasteiger partial charge < -0.3 is 13.9 Å². The lowest BCUT2D eigenvalue weighted by Gasteiger charge is -2.09. The maximum Gasteiger partial charge on any atom is 0.339 e. The minimum absolute atomic E-state index is 0.0719. The molecule has 0 aliphatic carbocycles. The smallest absolute Gasteiger partial charge is 0.339 e. The number of hydrogen-bond acceptors (Lipinski definition) is 5. The van der Waals surface area contributed by atoms with Crippen LogP contribution in [0.4, 0.5) is 0 Å². The molecule has 33 heavy (non-hydrogen) atoms. The molecular weight excluding hydrogens is 416 g/mol. The van der Waals surface area contributed by atoms with Crippen molar-refractivity contribution in [1.29, 1.82) is 0 Å². The third-order valence-electron chi connectivity index (χ3n) is 5.52. The van der Waals surface area contributed by atoms with E-state index in [1.807, 2.05) is 72.8 Å². The Morgan fingerprint density at radius 3 is 2.24 bits per heavy atom. The summed E-state index contributed by atoms with van der Waals surface area (Å²) in [6.07, 6.45) is 0. The van der Waals surface area contributed by atoms with Crippen LogP contribution < -0.4 is 0 Å². The summed E-state index contributed by atoms with van der Waals surface area (Å²) in [5.74, 6) is -0.248. The standard InChI is InChI=1S/C27H16N2O4/c30-27(31)19-9-6-11-22-24(19)33-26(29-22)20-15-17(13-14-18(20)16-7-2-1-3-8-16)25-28-21-10-4-5-12-23(21)32-25/h1-15H,(H,30,31). The molecule has 0 spiro atoms. The third-order valence-corrected chi connectivity index (χ3v) is 5.52. The van der Waals surface area contributed by atoms with Crippen LogP contribution in [0.25, 0.3) is 56.2 Å². The summed E-state index contributed by atoms with van der Waals surface area (Å²) in [7, 11) is 0. The van der Waals surface area contributed by atoms with Crippen LogP contribution >= 0.6 is 0 Å². The number of para-hydroxylation sites is 3. The van der Waals surface area contributed by atoms with E-state index in [1.165, 1.54) is 6.07 Å². The predicted octanol–water partition coefficient (Wildman–Crippen LogP) is 6.67. The van der Waals surface area contributed by atoms with Gasteiger partial charge in [-0.1, -0.05) is 54.6 Å². The van der Waals surface area contributed by atoms with Crippen LogP contribution in [0.15, 0.2) is 99.8 Å².